The summed E-state index contributed by atoms with van der Waals surface area (Å²) in [6, 6.07) is 4.24. The zero-order valence-corrected chi connectivity index (χ0v) is 11.4. The number of halogens is 1. The average molecular weight is 265 g/mol. The number of carbonyl (C=O) groups is 1. The molecule has 1 fully saturated rings. The highest BCUT2D eigenvalue weighted by Crippen LogP contribution is 2.31. The molecule has 1 aromatic carbocycles. The van der Waals surface area contributed by atoms with E-state index >= 15 is 0 Å². The van der Waals surface area contributed by atoms with Crippen molar-refractivity contribution in [2.45, 2.75) is 26.7 Å². The molecule has 0 aromatic heterocycles. The number of hydrogen-bond donors (Lipinski definition) is 1. The van der Waals surface area contributed by atoms with Crippen molar-refractivity contribution in [1.82, 2.24) is 0 Å². The minimum atomic E-state index is -1.07. The molecule has 1 saturated heterocycles. The van der Waals surface area contributed by atoms with Crippen LogP contribution in [0.25, 0.3) is 0 Å². The summed E-state index contributed by atoms with van der Waals surface area (Å²) in [5.41, 5.74) is 0.306. The fourth-order valence-corrected chi connectivity index (χ4v) is 2.80. The Hall–Kier alpha value is -1.58. The maximum atomic E-state index is 13.9. The maximum Gasteiger partial charge on any atom is 0.337 e. The van der Waals surface area contributed by atoms with Gasteiger partial charge in [-0.1, -0.05) is 19.9 Å². The highest BCUT2D eigenvalue weighted by atomic mass is 19.1. The van der Waals surface area contributed by atoms with E-state index in [9.17, 15) is 9.18 Å². The van der Waals surface area contributed by atoms with Crippen LogP contribution in [0.15, 0.2) is 18.2 Å². The van der Waals surface area contributed by atoms with Gasteiger partial charge in [0.15, 0.2) is 0 Å². The van der Waals surface area contributed by atoms with Crippen molar-refractivity contribution in [3.05, 3.63) is 29.6 Å². The second-order valence-corrected chi connectivity index (χ2v) is 5.51. The molecule has 1 heterocycles. The van der Waals surface area contributed by atoms with Crippen LogP contribution in [0.3, 0.4) is 0 Å². The van der Waals surface area contributed by atoms with Gasteiger partial charge in [0.2, 0.25) is 0 Å². The molecular weight excluding hydrogens is 245 g/mol. The molecule has 1 aliphatic rings. The topological polar surface area (TPSA) is 40.5 Å². The zero-order valence-electron chi connectivity index (χ0n) is 11.4. The predicted molar refractivity (Wildman–Crippen MR) is 73.1 cm³/mol. The number of carboxylic acid groups (broad SMARTS) is 1. The van der Waals surface area contributed by atoms with E-state index in [2.05, 4.69) is 13.8 Å². The Bertz CT molecular complexity index is 465. The lowest BCUT2D eigenvalue weighted by atomic mass is 9.86. The number of hydrogen-bond acceptors (Lipinski definition) is 2. The van der Waals surface area contributed by atoms with Gasteiger partial charge in [0, 0.05) is 13.1 Å². The fourth-order valence-electron chi connectivity index (χ4n) is 2.80. The van der Waals surface area contributed by atoms with E-state index in [1.165, 1.54) is 18.2 Å². The van der Waals surface area contributed by atoms with Crippen LogP contribution in [0.2, 0.25) is 0 Å². The Morgan fingerprint density at radius 1 is 1.37 bits per heavy atom. The normalized spacial score (nSPS) is 16.9. The van der Waals surface area contributed by atoms with Crippen LogP contribution < -0.4 is 4.90 Å². The molecule has 19 heavy (non-hydrogen) atoms. The lowest BCUT2D eigenvalue weighted by Gasteiger charge is -2.36. The molecule has 3 nitrogen and oxygen atoms in total. The lowest BCUT2D eigenvalue weighted by Crippen LogP contribution is -2.36. The first-order chi connectivity index (χ1) is 9.00. The highest BCUT2D eigenvalue weighted by molar-refractivity contribution is 5.94. The monoisotopic (exact) mass is 265 g/mol. The SMILES string of the molecule is CC(C)C1CCN(c2c(F)cccc2C(=O)O)CC1. The van der Waals surface area contributed by atoms with Crippen molar-refractivity contribution in [3.8, 4) is 0 Å². The van der Waals surface area contributed by atoms with Crippen LogP contribution in [-0.2, 0) is 0 Å². The number of piperidine rings is 1. The van der Waals surface area contributed by atoms with Crippen molar-refractivity contribution < 1.29 is 14.3 Å². The first-order valence-corrected chi connectivity index (χ1v) is 6.77. The summed E-state index contributed by atoms with van der Waals surface area (Å²) >= 11 is 0. The molecule has 0 spiro atoms. The van der Waals surface area contributed by atoms with Crippen molar-refractivity contribution in [1.29, 1.82) is 0 Å². The summed E-state index contributed by atoms with van der Waals surface area (Å²) in [4.78, 5) is 13.1. The minimum Gasteiger partial charge on any atom is -0.478 e. The fraction of sp³-hybridized carbons (Fsp3) is 0.533. The molecule has 0 aliphatic carbocycles. The molecule has 1 aromatic rings. The van der Waals surface area contributed by atoms with Crippen LogP contribution in [-0.4, -0.2) is 24.2 Å². The van der Waals surface area contributed by atoms with Crippen molar-refractivity contribution in [2.75, 3.05) is 18.0 Å². The Morgan fingerprint density at radius 3 is 2.53 bits per heavy atom. The zero-order chi connectivity index (χ0) is 14.0. The number of anilines is 1. The second kappa shape index (κ2) is 5.59. The predicted octanol–water partition coefficient (Wildman–Crippen LogP) is 3.40. The van der Waals surface area contributed by atoms with E-state index < -0.39 is 11.8 Å². The van der Waals surface area contributed by atoms with E-state index in [4.69, 9.17) is 5.11 Å². The molecule has 0 bridgehead atoms. The van der Waals surface area contributed by atoms with E-state index in [-0.39, 0.29) is 11.3 Å². The summed E-state index contributed by atoms with van der Waals surface area (Å²) in [7, 11) is 0. The quantitative estimate of drug-likeness (QED) is 0.910. The van der Waals surface area contributed by atoms with Crippen LogP contribution in [0.1, 0.15) is 37.0 Å². The first kappa shape index (κ1) is 13.8. The van der Waals surface area contributed by atoms with Gasteiger partial charge in [0.1, 0.15) is 5.82 Å². The van der Waals surface area contributed by atoms with E-state index in [1.54, 1.807) is 0 Å². The van der Waals surface area contributed by atoms with Gasteiger partial charge < -0.3 is 10.0 Å². The second-order valence-electron chi connectivity index (χ2n) is 5.51. The van der Waals surface area contributed by atoms with Gasteiger partial charge in [-0.15, -0.1) is 0 Å². The lowest BCUT2D eigenvalue weighted by molar-refractivity contribution is 0.0697. The third kappa shape index (κ3) is 2.88. The Kier molecular flexibility index (Phi) is 4.08. The molecule has 1 aliphatic heterocycles. The van der Waals surface area contributed by atoms with Crippen LogP contribution in [0.4, 0.5) is 10.1 Å². The standard InChI is InChI=1S/C15H20FNO2/c1-10(2)11-6-8-17(9-7-11)14-12(15(18)19)4-3-5-13(14)16/h3-5,10-11H,6-9H2,1-2H3,(H,18,19). The van der Waals surface area contributed by atoms with Gasteiger partial charge in [-0.25, -0.2) is 9.18 Å². The molecule has 0 unspecified atom stereocenters. The Balaban J connectivity index is 2.22. The molecule has 1 N–H and O–H groups in total. The third-order valence-electron chi connectivity index (χ3n) is 4.02. The van der Waals surface area contributed by atoms with Crippen molar-refractivity contribution in [3.63, 3.8) is 0 Å². The Labute approximate surface area is 113 Å². The summed E-state index contributed by atoms with van der Waals surface area (Å²) in [5, 5.41) is 9.17. The minimum absolute atomic E-state index is 0.0583. The van der Waals surface area contributed by atoms with Gasteiger partial charge in [-0.2, -0.15) is 0 Å². The molecule has 4 heteroatoms. The average Bonchev–Trinajstić information content (AvgIpc) is 2.38. The summed E-state index contributed by atoms with van der Waals surface area (Å²) in [6.07, 6.45) is 1.98. The smallest absolute Gasteiger partial charge is 0.337 e. The molecule has 0 atom stereocenters. The molecule has 104 valence electrons. The van der Waals surface area contributed by atoms with Crippen LogP contribution in [0, 0.1) is 17.7 Å². The number of aromatic carboxylic acids is 1. The van der Waals surface area contributed by atoms with E-state index in [1.807, 2.05) is 4.90 Å². The number of para-hydroxylation sites is 1. The molecule has 0 amide bonds. The molecule has 2 rings (SSSR count). The summed E-state index contributed by atoms with van der Waals surface area (Å²) in [5.74, 6) is -0.235. The largest absolute Gasteiger partial charge is 0.478 e. The molecule has 0 radical (unpaired) electrons. The third-order valence-corrected chi connectivity index (χ3v) is 4.02. The van der Waals surface area contributed by atoms with E-state index in [0.29, 0.717) is 11.8 Å². The van der Waals surface area contributed by atoms with Crippen molar-refractivity contribution in [2.24, 2.45) is 11.8 Å². The van der Waals surface area contributed by atoms with Gasteiger partial charge >= 0.3 is 5.97 Å². The van der Waals surface area contributed by atoms with Gasteiger partial charge in [-0.3, -0.25) is 0 Å². The van der Waals surface area contributed by atoms with Crippen LogP contribution >= 0.6 is 0 Å². The number of carboxylic acids is 1. The number of benzene rings is 1. The summed E-state index contributed by atoms with van der Waals surface area (Å²) < 4.78 is 13.9. The van der Waals surface area contributed by atoms with Gasteiger partial charge in [0.05, 0.1) is 11.3 Å². The van der Waals surface area contributed by atoms with Gasteiger partial charge in [0.25, 0.3) is 0 Å². The highest BCUT2D eigenvalue weighted by Gasteiger charge is 2.26. The summed E-state index contributed by atoms with van der Waals surface area (Å²) in [6.45, 7) is 5.85. The molecule has 0 saturated carbocycles. The van der Waals surface area contributed by atoms with Crippen molar-refractivity contribution >= 4 is 11.7 Å². The Morgan fingerprint density at radius 2 is 2.00 bits per heavy atom. The molecular formula is C15H20FNO2. The number of nitrogens with zero attached hydrogens (tertiary/aromatic N) is 1. The van der Waals surface area contributed by atoms with Crippen LogP contribution in [0.5, 0.6) is 0 Å². The first-order valence-electron chi connectivity index (χ1n) is 6.77. The van der Waals surface area contributed by atoms with E-state index in [0.717, 1.165) is 25.9 Å². The number of rotatable bonds is 3. The maximum absolute atomic E-state index is 13.9. The van der Waals surface area contributed by atoms with Gasteiger partial charge in [-0.05, 0) is 36.8 Å².